The van der Waals surface area contributed by atoms with Crippen LogP contribution in [0.25, 0.3) is 0 Å². The number of dihydropyridines is 1. The molecule has 0 spiro atoms. The molecule has 8 nitrogen and oxygen atoms in total. The minimum atomic E-state index is -0.823. The van der Waals surface area contributed by atoms with E-state index >= 15 is 0 Å². The van der Waals surface area contributed by atoms with Crippen LogP contribution in [0.15, 0.2) is 39.1 Å². The third kappa shape index (κ3) is 2.91. The maximum Gasteiger partial charge on any atom is 0.433 e. The summed E-state index contributed by atoms with van der Waals surface area (Å²) >= 11 is 0. The number of rotatable bonds is 3. The van der Waals surface area contributed by atoms with Crippen molar-refractivity contribution in [1.82, 2.24) is 5.32 Å². The van der Waals surface area contributed by atoms with E-state index in [1.807, 2.05) is 13.8 Å². The molecule has 0 saturated carbocycles. The molecule has 0 saturated heterocycles. The van der Waals surface area contributed by atoms with Crippen LogP contribution in [0.4, 0.5) is 5.88 Å². The Balaban J connectivity index is 2.19. The van der Waals surface area contributed by atoms with Crippen molar-refractivity contribution in [2.24, 2.45) is 5.41 Å². The van der Waals surface area contributed by atoms with Gasteiger partial charge in [-0.15, -0.1) is 0 Å². The van der Waals surface area contributed by atoms with Gasteiger partial charge in [-0.05, 0) is 24.8 Å². The van der Waals surface area contributed by atoms with Crippen LogP contribution in [0.2, 0.25) is 0 Å². The van der Waals surface area contributed by atoms with Crippen molar-refractivity contribution in [1.29, 1.82) is 0 Å². The Labute approximate surface area is 150 Å². The monoisotopic (exact) mass is 360 g/mol. The highest BCUT2D eigenvalue weighted by molar-refractivity contribution is 6.03. The first-order chi connectivity index (χ1) is 12.1. The van der Waals surface area contributed by atoms with Gasteiger partial charge in [-0.3, -0.25) is 14.9 Å². The van der Waals surface area contributed by atoms with E-state index in [1.54, 1.807) is 6.92 Å². The highest BCUT2D eigenvalue weighted by Gasteiger charge is 2.44. The Bertz CT molecular complexity index is 874. The first-order valence-electron chi connectivity index (χ1n) is 8.21. The molecule has 26 heavy (non-hydrogen) atoms. The summed E-state index contributed by atoms with van der Waals surface area (Å²) in [6, 6.07) is 2.65. The van der Waals surface area contributed by atoms with Gasteiger partial charge >= 0.3 is 11.9 Å². The lowest BCUT2D eigenvalue weighted by molar-refractivity contribution is -0.402. The van der Waals surface area contributed by atoms with E-state index in [0.717, 1.165) is 5.70 Å². The van der Waals surface area contributed by atoms with Gasteiger partial charge in [0.2, 0.25) is 0 Å². The fourth-order valence-electron chi connectivity index (χ4n) is 3.70. The molecule has 3 rings (SSSR count). The van der Waals surface area contributed by atoms with Gasteiger partial charge in [0.25, 0.3) is 0 Å². The van der Waals surface area contributed by atoms with E-state index < -0.39 is 22.7 Å². The van der Waals surface area contributed by atoms with Crippen LogP contribution in [0.3, 0.4) is 0 Å². The minimum absolute atomic E-state index is 0.110. The fraction of sp³-hybridized carbons (Fsp3) is 0.444. The molecule has 1 aromatic rings. The zero-order valence-electron chi connectivity index (χ0n) is 15.0. The van der Waals surface area contributed by atoms with Gasteiger partial charge in [0, 0.05) is 23.4 Å². The first kappa shape index (κ1) is 17.9. The predicted octanol–water partition coefficient (Wildman–Crippen LogP) is 2.96. The molecule has 1 unspecified atom stereocenters. The van der Waals surface area contributed by atoms with Crippen molar-refractivity contribution in [3.05, 3.63) is 50.5 Å². The lowest BCUT2D eigenvalue weighted by Crippen LogP contribution is -2.38. The molecule has 0 radical (unpaired) electrons. The Morgan fingerprint density at radius 3 is 2.65 bits per heavy atom. The molecule has 1 N–H and O–H groups in total. The smallest absolute Gasteiger partial charge is 0.433 e. The van der Waals surface area contributed by atoms with E-state index in [1.165, 1.54) is 19.2 Å². The van der Waals surface area contributed by atoms with Crippen LogP contribution in [0.1, 0.15) is 45.3 Å². The summed E-state index contributed by atoms with van der Waals surface area (Å²) in [6.07, 6.45) is 0.944. The van der Waals surface area contributed by atoms with Crippen LogP contribution >= 0.6 is 0 Å². The van der Waals surface area contributed by atoms with Gasteiger partial charge in [-0.1, -0.05) is 13.8 Å². The van der Waals surface area contributed by atoms with E-state index in [4.69, 9.17) is 9.15 Å². The lowest BCUT2D eigenvalue weighted by Gasteiger charge is -2.38. The molecular formula is C18H20N2O6. The number of nitrogens with one attached hydrogen (secondary N) is 1. The van der Waals surface area contributed by atoms with Crippen molar-refractivity contribution in [3.63, 3.8) is 0 Å². The number of hydrogen-bond donors (Lipinski definition) is 1. The number of nitrogens with zero attached hydrogens (tertiary/aromatic N) is 1. The summed E-state index contributed by atoms with van der Waals surface area (Å²) < 4.78 is 10.2. The van der Waals surface area contributed by atoms with Crippen LogP contribution in [0.5, 0.6) is 0 Å². The number of esters is 1. The second kappa shape index (κ2) is 6.12. The SMILES string of the molecule is COC(=O)C1=C(C)NC2=C(C(=O)CC(C)(C)C2)C1c1ccc([N+](=O)[O-])o1. The molecule has 0 aromatic carbocycles. The summed E-state index contributed by atoms with van der Waals surface area (Å²) in [5.41, 5.74) is 1.69. The lowest BCUT2D eigenvalue weighted by atomic mass is 9.69. The highest BCUT2D eigenvalue weighted by Crippen LogP contribution is 2.47. The molecule has 0 bridgehead atoms. The zero-order valence-corrected chi connectivity index (χ0v) is 15.0. The number of carbonyl (C=O) groups excluding carboxylic acids is 2. The Morgan fingerprint density at radius 1 is 1.38 bits per heavy atom. The first-order valence-corrected chi connectivity index (χ1v) is 8.21. The van der Waals surface area contributed by atoms with Gasteiger partial charge in [0.05, 0.1) is 24.7 Å². The molecular weight excluding hydrogens is 340 g/mol. The number of nitro groups is 1. The van der Waals surface area contributed by atoms with E-state index in [9.17, 15) is 19.7 Å². The van der Waals surface area contributed by atoms with Crippen molar-refractivity contribution in [3.8, 4) is 0 Å². The maximum absolute atomic E-state index is 12.9. The number of Topliss-reactive ketones (excluding diaryl/α,β-unsaturated/α-hetero) is 1. The Hall–Kier alpha value is -2.90. The van der Waals surface area contributed by atoms with Crippen molar-refractivity contribution < 1.29 is 23.7 Å². The van der Waals surface area contributed by atoms with Crippen LogP contribution in [-0.2, 0) is 14.3 Å². The molecule has 2 heterocycles. The number of allylic oxidation sites excluding steroid dienone is 3. The van der Waals surface area contributed by atoms with E-state index in [-0.39, 0.29) is 22.5 Å². The second-order valence-corrected chi connectivity index (χ2v) is 7.35. The summed E-state index contributed by atoms with van der Waals surface area (Å²) in [6.45, 7) is 5.71. The van der Waals surface area contributed by atoms with Crippen molar-refractivity contribution in [2.45, 2.75) is 39.5 Å². The Morgan fingerprint density at radius 2 is 2.08 bits per heavy atom. The van der Waals surface area contributed by atoms with E-state index in [0.29, 0.717) is 24.1 Å². The molecule has 1 aromatic heterocycles. The molecule has 2 aliphatic rings. The number of ketones is 1. The summed E-state index contributed by atoms with van der Waals surface area (Å²) in [5, 5.41) is 14.1. The number of carbonyl (C=O) groups is 2. The van der Waals surface area contributed by atoms with Crippen LogP contribution in [-0.4, -0.2) is 23.8 Å². The summed E-state index contributed by atoms with van der Waals surface area (Å²) in [5.74, 6) is -1.80. The van der Waals surface area contributed by atoms with E-state index in [2.05, 4.69) is 5.32 Å². The third-order valence-electron chi connectivity index (χ3n) is 4.72. The topological polar surface area (TPSA) is 112 Å². The normalized spacial score (nSPS) is 22.0. The highest BCUT2D eigenvalue weighted by atomic mass is 16.6. The molecule has 0 amide bonds. The average molecular weight is 360 g/mol. The molecule has 8 heteroatoms. The average Bonchev–Trinajstić information content (AvgIpc) is 3.01. The fourth-order valence-corrected chi connectivity index (χ4v) is 3.70. The standard InChI is InChI=1S/C18H20N2O6/c1-9-14(17(22)25-4)16(12-5-6-13(26-12)20(23)24)15-10(19-9)7-18(2,3)8-11(15)21/h5-6,16,19H,7-8H2,1-4H3. The zero-order chi connectivity index (χ0) is 19.2. The molecule has 138 valence electrons. The second-order valence-electron chi connectivity index (χ2n) is 7.35. The van der Waals surface area contributed by atoms with Crippen LogP contribution in [0, 0.1) is 15.5 Å². The van der Waals surface area contributed by atoms with Gasteiger partial charge < -0.3 is 14.5 Å². The number of furan rings is 1. The molecule has 1 aliphatic heterocycles. The Kier molecular flexibility index (Phi) is 4.21. The van der Waals surface area contributed by atoms with Crippen molar-refractivity contribution in [2.75, 3.05) is 7.11 Å². The van der Waals surface area contributed by atoms with Crippen molar-refractivity contribution >= 4 is 17.6 Å². The largest absolute Gasteiger partial charge is 0.466 e. The maximum atomic E-state index is 12.9. The van der Waals surface area contributed by atoms with Gasteiger partial charge in [-0.2, -0.15) is 0 Å². The number of ether oxygens (including phenoxy) is 1. The third-order valence-corrected chi connectivity index (χ3v) is 4.72. The van der Waals surface area contributed by atoms with Crippen LogP contribution < -0.4 is 5.32 Å². The van der Waals surface area contributed by atoms with Gasteiger partial charge in [-0.25, -0.2) is 4.79 Å². The summed E-state index contributed by atoms with van der Waals surface area (Å²) in [4.78, 5) is 35.6. The minimum Gasteiger partial charge on any atom is -0.466 e. The molecule has 1 aliphatic carbocycles. The molecule has 1 atom stereocenters. The van der Waals surface area contributed by atoms with Gasteiger partial charge in [0.15, 0.2) is 5.78 Å². The number of methoxy groups -OCH3 is 1. The summed E-state index contributed by atoms with van der Waals surface area (Å²) in [7, 11) is 1.25. The molecule has 0 fully saturated rings. The quantitative estimate of drug-likeness (QED) is 0.501. The predicted molar refractivity (Wildman–Crippen MR) is 91.0 cm³/mol. The number of hydrogen-bond acceptors (Lipinski definition) is 7. The van der Waals surface area contributed by atoms with Gasteiger partial charge in [0.1, 0.15) is 10.7 Å².